The lowest BCUT2D eigenvalue weighted by molar-refractivity contribution is 0.355. The summed E-state index contributed by atoms with van der Waals surface area (Å²) in [5.74, 6) is -0.0493. The average molecular weight is 392 g/mol. The van der Waals surface area contributed by atoms with E-state index in [2.05, 4.69) is 16.3 Å². The first-order valence-electron chi connectivity index (χ1n) is 8.71. The van der Waals surface area contributed by atoms with E-state index in [1.807, 2.05) is 0 Å². The molecule has 29 heavy (non-hydrogen) atoms. The first-order chi connectivity index (χ1) is 14.1. The van der Waals surface area contributed by atoms with Crippen LogP contribution in [0.4, 0.5) is 4.39 Å². The molecule has 0 spiro atoms. The van der Waals surface area contributed by atoms with Crippen molar-refractivity contribution in [1.82, 2.24) is 10.2 Å². The molecule has 3 N–H and O–H groups in total. The lowest BCUT2D eigenvalue weighted by Gasteiger charge is -2.24. The van der Waals surface area contributed by atoms with Crippen LogP contribution >= 0.6 is 0 Å². The maximum Gasteiger partial charge on any atom is 0.244 e. The summed E-state index contributed by atoms with van der Waals surface area (Å²) in [6.07, 6.45) is 0. The lowest BCUT2D eigenvalue weighted by atomic mass is 9.82. The molecule has 4 rings (SSSR count). The van der Waals surface area contributed by atoms with E-state index in [-0.39, 0.29) is 17.3 Å². The summed E-state index contributed by atoms with van der Waals surface area (Å²) in [7, 11) is 3.08. The molecule has 0 unspecified atom stereocenters. The number of hydrogen-bond donors (Lipinski definition) is 2. The SMILES string of the molecule is COc1ccc(-c2[nH]nc3c2[C@H](c2ccccc2F)C(C#N)=C(N)O3)cc1OC. The van der Waals surface area contributed by atoms with E-state index in [1.54, 1.807) is 43.5 Å². The topological polar surface area (TPSA) is 106 Å². The van der Waals surface area contributed by atoms with Gasteiger partial charge in [-0.1, -0.05) is 18.2 Å². The minimum absolute atomic E-state index is 0.0985. The predicted molar refractivity (Wildman–Crippen MR) is 103 cm³/mol. The van der Waals surface area contributed by atoms with Crippen molar-refractivity contribution in [3.05, 3.63) is 70.9 Å². The first kappa shape index (κ1) is 18.4. The summed E-state index contributed by atoms with van der Waals surface area (Å²) in [4.78, 5) is 0. The minimum Gasteiger partial charge on any atom is -0.493 e. The van der Waals surface area contributed by atoms with Gasteiger partial charge in [0.15, 0.2) is 11.5 Å². The third-order valence-corrected chi connectivity index (χ3v) is 4.83. The fraction of sp³-hybridized carbons (Fsp3) is 0.143. The minimum atomic E-state index is -0.771. The highest BCUT2D eigenvalue weighted by Crippen LogP contribution is 2.47. The summed E-state index contributed by atoms with van der Waals surface area (Å²) < 4.78 is 30.9. The summed E-state index contributed by atoms with van der Waals surface area (Å²) in [5.41, 5.74) is 8.15. The number of fused-ring (bicyclic) bond motifs is 1. The number of nitrogens with zero attached hydrogens (tertiary/aromatic N) is 2. The van der Waals surface area contributed by atoms with Crippen molar-refractivity contribution in [1.29, 1.82) is 5.26 Å². The third kappa shape index (κ3) is 2.93. The van der Waals surface area contributed by atoms with Crippen molar-refractivity contribution in [3.63, 3.8) is 0 Å². The van der Waals surface area contributed by atoms with Gasteiger partial charge in [0.1, 0.15) is 17.5 Å². The Morgan fingerprint density at radius 1 is 1.17 bits per heavy atom. The van der Waals surface area contributed by atoms with E-state index in [0.29, 0.717) is 33.9 Å². The van der Waals surface area contributed by atoms with Crippen LogP contribution in [-0.2, 0) is 0 Å². The summed E-state index contributed by atoms with van der Waals surface area (Å²) in [6, 6.07) is 13.6. The maximum absolute atomic E-state index is 14.7. The molecule has 0 fully saturated rings. The molecule has 0 saturated heterocycles. The summed E-state index contributed by atoms with van der Waals surface area (Å²) >= 11 is 0. The van der Waals surface area contributed by atoms with Crippen LogP contribution < -0.4 is 19.9 Å². The fourth-order valence-corrected chi connectivity index (χ4v) is 3.48. The van der Waals surface area contributed by atoms with Crippen molar-refractivity contribution in [2.75, 3.05) is 14.2 Å². The highest BCUT2D eigenvalue weighted by Gasteiger charge is 2.37. The van der Waals surface area contributed by atoms with Gasteiger partial charge in [0.25, 0.3) is 0 Å². The molecule has 7 nitrogen and oxygen atoms in total. The van der Waals surface area contributed by atoms with Gasteiger partial charge in [-0.05, 0) is 24.3 Å². The normalized spacial score (nSPS) is 15.3. The van der Waals surface area contributed by atoms with E-state index in [9.17, 15) is 9.65 Å². The molecule has 1 atom stereocenters. The van der Waals surface area contributed by atoms with Gasteiger partial charge in [-0.15, -0.1) is 5.10 Å². The van der Waals surface area contributed by atoms with Crippen LogP contribution in [0.2, 0.25) is 0 Å². The van der Waals surface area contributed by atoms with Gasteiger partial charge in [0.05, 0.1) is 31.4 Å². The molecule has 2 heterocycles. The number of nitrogens with two attached hydrogens (primary N) is 1. The van der Waals surface area contributed by atoms with Crippen molar-refractivity contribution in [3.8, 4) is 34.7 Å². The van der Waals surface area contributed by atoms with Crippen LogP contribution in [0.1, 0.15) is 17.0 Å². The quantitative estimate of drug-likeness (QED) is 0.704. The van der Waals surface area contributed by atoms with Gasteiger partial charge in [0, 0.05) is 11.1 Å². The van der Waals surface area contributed by atoms with Gasteiger partial charge in [-0.25, -0.2) is 4.39 Å². The number of halogens is 1. The molecular weight excluding hydrogens is 375 g/mol. The van der Waals surface area contributed by atoms with E-state index in [0.717, 1.165) is 0 Å². The largest absolute Gasteiger partial charge is 0.493 e. The standard InChI is InChI=1S/C21H17FN4O3/c1-27-15-8-7-11(9-16(15)28-2)19-18-17(12-5-3-4-6-14(12)22)13(10-23)20(24)29-21(18)26-25-19/h3-9,17H,24H2,1-2H3,(H,25,26)/t17-/m1/s1. The molecule has 3 aromatic rings. The highest BCUT2D eigenvalue weighted by molar-refractivity contribution is 5.73. The summed E-state index contributed by atoms with van der Waals surface area (Å²) in [5, 5.41) is 16.8. The molecule has 0 aliphatic carbocycles. The zero-order valence-corrected chi connectivity index (χ0v) is 15.7. The van der Waals surface area contributed by atoms with Crippen LogP contribution in [0.15, 0.2) is 53.9 Å². The van der Waals surface area contributed by atoms with Crippen molar-refractivity contribution < 1.29 is 18.6 Å². The molecule has 8 heteroatoms. The van der Waals surface area contributed by atoms with Gasteiger partial charge < -0.3 is 19.9 Å². The number of H-pyrrole nitrogens is 1. The van der Waals surface area contributed by atoms with E-state index in [1.165, 1.54) is 13.2 Å². The Morgan fingerprint density at radius 2 is 1.93 bits per heavy atom. The highest BCUT2D eigenvalue weighted by atomic mass is 19.1. The zero-order valence-electron chi connectivity index (χ0n) is 15.7. The van der Waals surface area contributed by atoms with Crippen LogP contribution in [0.25, 0.3) is 11.3 Å². The third-order valence-electron chi connectivity index (χ3n) is 4.83. The lowest BCUT2D eigenvalue weighted by Crippen LogP contribution is -2.21. The molecule has 0 saturated carbocycles. The number of aromatic nitrogens is 2. The van der Waals surface area contributed by atoms with E-state index >= 15 is 0 Å². The number of aromatic amines is 1. The van der Waals surface area contributed by atoms with Crippen LogP contribution in [-0.4, -0.2) is 24.4 Å². The van der Waals surface area contributed by atoms with Crippen LogP contribution in [0.3, 0.4) is 0 Å². The maximum atomic E-state index is 14.7. The second-order valence-corrected chi connectivity index (χ2v) is 6.33. The first-order valence-corrected chi connectivity index (χ1v) is 8.71. The molecule has 1 aliphatic heterocycles. The molecule has 0 bridgehead atoms. The Balaban J connectivity index is 1.95. The predicted octanol–water partition coefficient (Wildman–Crippen LogP) is 3.45. The number of allylic oxidation sites excluding steroid dienone is 1. The number of ether oxygens (including phenoxy) is 3. The van der Waals surface area contributed by atoms with Gasteiger partial charge in [0.2, 0.25) is 11.8 Å². The van der Waals surface area contributed by atoms with Gasteiger partial charge in [-0.3, -0.25) is 5.10 Å². The molecule has 1 aliphatic rings. The van der Waals surface area contributed by atoms with Crippen molar-refractivity contribution in [2.45, 2.75) is 5.92 Å². The monoisotopic (exact) mass is 392 g/mol. The van der Waals surface area contributed by atoms with Crippen LogP contribution in [0.5, 0.6) is 17.4 Å². The summed E-state index contributed by atoms with van der Waals surface area (Å²) in [6.45, 7) is 0. The van der Waals surface area contributed by atoms with E-state index < -0.39 is 11.7 Å². The van der Waals surface area contributed by atoms with Gasteiger partial charge >= 0.3 is 0 Å². The van der Waals surface area contributed by atoms with E-state index in [4.69, 9.17) is 19.9 Å². The van der Waals surface area contributed by atoms with Crippen LogP contribution in [0, 0.1) is 17.1 Å². The number of rotatable bonds is 4. The molecular formula is C21H17FN4O3. The Labute approximate surface area is 166 Å². The molecule has 0 amide bonds. The Bertz CT molecular complexity index is 1160. The fourth-order valence-electron chi connectivity index (χ4n) is 3.48. The molecule has 146 valence electrons. The number of methoxy groups -OCH3 is 2. The molecule has 1 aromatic heterocycles. The number of nitriles is 1. The molecule has 2 aromatic carbocycles. The Kier molecular flexibility index (Phi) is 4.56. The second kappa shape index (κ2) is 7.20. The van der Waals surface area contributed by atoms with Crippen molar-refractivity contribution in [2.24, 2.45) is 5.73 Å². The Hall–Kier alpha value is -3.99. The number of nitrogens with one attached hydrogen (secondary N) is 1. The average Bonchev–Trinajstić information content (AvgIpc) is 3.16. The second-order valence-electron chi connectivity index (χ2n) is 6.33. The number of benzene rings is 2. The number of hydrogen-bond acceptors (Lipinski definition) is 6. The smallest absolute Gasteiger partial charge is 0.244 e. The Morgan fingerprint density at radius 3 is 2.62 bits per heavy atom. The van der Waals surface area contributed by atoms with Crippen molar-refractivity contribution >= 4 is 0 Å². The molecule has 0 radical (unpaired) electrons. The zero-order chi connectivity index (χ0) is 20.5. The van der Waals surface area contributed by atoms with Gasteiger partial charge in [-0.2, -0.15) is 5.26 Å².